The predicted octanol–water partition coefficient (Wildman–Crippen LogP) is 5.99. The molecule has 0 heterocycles. The van der Waals surface area contributed by atoms with Crippen molar-refractivity contribution in [2.45, 2.75) is 85.2 Å². The summed E-state index contributed by atoms with van der Waals surface area (Å²) in [7, 11) is 0. The molecule has 0 aromatic rings. The first-order chi connectivity index (χ1) is 9.01. The van der Waals surface area contributed by atoms with Crippen LogP contribution in [0.4, 0.5) is 0 Å². The Hall–Kier alpha value is -0.300. The van der Waals surface area contributed by atoms with Gasteiger partial charge in [0.1, 0.15) is 0 Å². The third-order valence-corrected chi connectivity index (χ3v) is 4.27. The molecule has 1 heteroatoms. The Morgan fingerprint density at radius 2 is 1.63 bits per heavy atom. The molecule has 0 fully saturated rings. The fourth-order valence-electron chi connectivity index (χ4n) is 3.05. The Bertz CT molecular complexity index is 222. The molecule has 0 spiro atoms. The minimum absolute atomic E-state index is 0.160. The van der Waals surface area contributed by atoms with Gasteiger partial charge in [-0.1, -0.05) is 65.4 Å². The van der Waals surface area contributed by atoms with E-state index >= 15 is 0 Å². The van der Waals surface area contributed by atoms with Crippen LogP contribution in [0.3, 0.4) is 0 Å². The summed E-state index contributed by atoms with van der Waals surface area (Å²) in [6, 6.07) is 0. The van der Waals surface area contributed by atoms with Crippen LogP contribution < -0.4 is 0 Å². The Morgan fingerprint density at radius 3 is 2.11 bits per heavy atom. The van der Waals surface area contributed by atoms with Crippen molar-refractivity contribution in [3.8, 4) is 0 Å². The number of rotatable bonds is 12. The molecule has 0 radical (unpaired) electrons. The second-order valence-electron chi connectivity index (χ2n) is 6.23. The fourth-order valence-corrected chi connectivity index (χ4v) is 3.05. The van der Waals surface area contributed by atoms with Crippen molar-refractivity contribution in [1.29, 1.82) is 0 Å². The maximum absolute atomic E-state index is 5.98. The first-order valence-corrected chi connectivity index (χ1v) is 8.29. The van der Waals surface area contributed by atoms with Crippen LogP contribution in [-0.4, -0.2) is 12.2 Å². The topological polar surface area (TPSA) is 9.23 Å². The number of ether oxygens (including phenoxy) is 1. The minimum Gasteiger partial charge on any atom is -0.371 e. The highest BCUT2D eigenvalue weighted by atomic mass is 16.5. The zero-order valence-corrected chi connectivity index (χ0v) is 14.0. The van der Waals surface area contributed by atoms with E-state index in [1.165, 1.54) is 44.9 Å². The van der Waals surface area contributed by atoms with Gasteiger partial charge in [0.05, 0.1) is 5.60 Å². The highest BCUT2D eigenvalue weighted by Crippen LogP contribution is 2.34. The maximum atomic E-state index is 5.98. The molecule has 114 valence electrons. The van der Waals surface area contributed by atoms with Gasteiger partial charge in [0.15, 0.2) is 0 Å². The van der Waals surface area contributed by atoms with Gasteiger partial charge in [-0.25, -0.2) is 0 Å². The van der Waals surface area contributed by atoms with Gasteiger partial charge in [0.25, 0.3) is 0 Å². The molecule has 0 rings (SSSR count). The van der Waals surface area contributed by atoms with Crippen molar-refractivity contribution in [2.75, 3.05) is 6.61 Å². The molecule has 0 saturated carbocycles. The van der Waals surface area contributed by atoms with Gasteiger partial charge in [-0.05, 0) is 32.1 Å². The average Bonchev–Trinajstić information content (AvgIpc) is 2.37. The molecule has 1 nitrogen and oxygen atoms in total. The lowest BCUT2D eigenvalue weighted by atomic mass is 9.77. The van der Waals surface area contributed by atoms with E-state index in [1.54, 1.807) is 0 Å². The maximum Gasteiger partial charge on any atom is 0.0862 e. The summed E-state index contributed by atoms with van der Waals surface area (Å²) in [6.07, 6.45) is 11.5. The molecule has 2 atom stereocenters. The third kappa shape index (κ3) is 7.15. The van der Waals surface area contributed by atoms with Crippen LogP contribution in [0.15, 0.2) is 12.7 Å². The highest BCUT2D eigenvalue weighted by molar-refractivity contribution is 4.99. The molecule has 0 aliphatic carbocycles. The van der Waals surface area contributed by atoms with Gasteiger partial charge in [-0.2, -0.15) is 0 Å². The Balaban J connectivity index is 4.21. The lowest BCUT2D eigenvalue weighted by Gasteiger charge is -2.37. The summed E-state index contributed by atoms with van der Waals surface area (Å²) in [6.45, 7) is 15.9. The Labute approximate surface area is 121 Å². The molecular formula is C18H36O. The predicted molar refractivity (Wildman–Crippen MR) is 86.5 cm³/mol. The van der Waals surface area contributed by atoms with E-state index in [-0.39, 0.29) is 5.60 Å². The van der Waals surface area contributed by atoms with Gasteiger partial charge < -0.3 is 4.74 Å². The van der Waals surface area contributed by atoms with E-state index in [4.69, 9.17) is 4.74 Å². The van der Waals surface area contributed by atoms with Gasteiger partial charge >= 0.3 is 0 Å². The molecular weight excluding hydrogens is 232 g/mol. The highest BCUT2D eigenvalue weighted by Gasteiger charge is 2.33. The number of hydrogen-bond acceptors (Lipinski definition) is 1. The van der Waals surface area contributed by atoms with Gasteiger partial charge in [0, 0.05) is 6.61 Å². The van der Waals surface area contributed by atoms with Crippen molar-refractivity contribution >= 4 is 0 Å². The lowest BCUT2D eigenvalue weighted by molar-refractivity contribution is -0.0487. The van der Waals surface area contributed by atoms with E-state index in [0.29, 0.717) is 11.8 Å². The van der Waals surface area contributed by atoms with Crippen LogP contribution in [0.25, 0.3) is 0 Å². The zero-order chi connectivity index (χ0) is 14.7. The Kier molecular flexibility index (Phi) is 10.3. The van der Waals surface area contributed by atoms with Crippen molar-refractivity contribution in [3.05, 3.63) is 12.7 Å². The smallest absolute Gasteiger partial charge is 0.0862 e. The van der Waals surface area contributed by atoms with Crippen LogP contribution in [0.5, 0.6) is 0 Å². The molecule has 0 aromatic heterocycles. The first kappa shape index (κ1) is 18.7. The molecule has 0 bridgehead atoms. The van der Waals surface area contributed by atoms with E-state index in [0.717, 1.165) is 6.61 Å². The second kappa shape index (κ2) is 10.5. The average molecular weight is 268 g/mol. The zero-order valence-electron chi connectivity index (χ0n) is 14.0. The number of unbranched alkanes of at least 4 members (excludes halogenated alkanes) is 5. The monoisotopic (exact) mass is 268 g/mol. The molecule has 0 aliphatic rings. The van der Waals surface area contributed by atoms with E-state index < -0.39 is 0 Å². The summed E-state index contributed by atoms with van der Waals surface area (Å²) in [4.78, 5) is 0. The van der Waals surface area contributed by atoms with E-state index in [1.807, 2.05) is 6.08 Å². The molecule has 0 saturated heterocycles. The van der Waals surface area contributed by atoms with Crippen molar-refractivity contribution in [1.82, 2.24) is 0 Å². The first-order valence-electron chi connectivity index (χ1n) is 8.29. The van der Waals surface area contributed by atoms with Gasteiger partial charge in [-0.3, -0.25) is 0 Å². The van der Waals surface area contributed by atoms with E-state index in [9.17, 15) is 0 Å². The molecule has 19 heavy (non-hydrogen) atoms. The summed E-state index contributed by atoms with van der Waals surface area (Å²) in [5.74, 6) is 1.22. The third-order valence-electron chi connectivity index (χ3n) is 4.27. The largest absolute Gasteiger partial charge is 0.371 e. The Morgan fingerprint density at radius 1 is 1.05 bits per heavy atom. The van der Waals surface area contributed by atoms with Gasteiger partial charge in [-0.15, -0.1) is 6.58 Å². The molecule has 0 aliphatic heterocycles. The SMILES string of the molecule is C=CC(C)(OCC)C(CCCCCCCC)C(C)C. The van der Waals surface area contributed by atoms with Crippen LogP contribution in [-0.2, 0) is 4.74 Å². The minimum atomic E-state index is -0.160. The summed E-state index contributed by atoms with van der Waals surface area (Å²) >= 11 is 0. The van der Waals surface area contributed by atoms with Crippen molar-refractivity contribution in [2.24, 2.45) is 11.8 Å². The lowest BCUT2D eigenvalue weighted by Crippen LogP contribution is -2.38. The van der Waals surface area contributed by atoms with Crippen LogP contribution in [0.1, 0.15) is 79.6 Å². The second-order valence-corrected chi connectivity index (χ2v) is 6.23. The van der Waals surface area contributed by atoms with Crippen molar-refractivity contribution in [3.63, 3.8) is 0 Å². The molecule has 2 unspecified atom stereocenters. The number of hydrogen-bond donors (Lipinski definition) is 0. The molecule has 0 aromatic carbocycles. The van der Waals surface area contributed by atoms with Crippen molar-refractivity contribution < 1.29 is 4.74 Å². The van der Waals surface area contributed by atoms with Crippen LogP contribution in [0, 0.1) is 11.8 Å². The summed E-state index contributed by atoms with van der Waals surface area (Å²) in [5, 5.41) is 0. The van der Waals surface area contributed by atoms with E-state index in [2.05, 4.69) is 41.2 Å². The molecule has 0 N–H and O–H groups in total. The standard InChI is InChI=1S/C18H36O/c1-7-10-11-12-13-14-15-17(16(4)5)18(6,8-2)19-9-3/h8,16-17H,2,7,9-15H2,1,3-6H3. The van der Waals surface area contributed by atoms with Crippen LogP contribution in [0.2, 0.25) is 0 Å². The fraction of sp³-hybridized carbons (Fsp3) is 0.889. The summed E-state index contributed by atoms with van der Waals surface area (Å²) < 4.78 is 5.98. The summed E-state index contributed by atoms with van der Waals surface area (Å²) in [5.41, 5.74) is -0.160. The van der Waals surface area contributed by atoms with Crippen LogP contribution >= 0.6 is 0 Å². The quantitative estimate of drug-likeness (QED) is 0.312. The molecule has 0 amide bonds. The van der Waals surface area contributed by atoms with Gasteiger partial charge in [0.2, 0.25) is 0 Å². The normalized spacial score (nSPS) is 16.3.